The number of nitrogens with zero attached hydrogens (tertiary/aromatic N) is 2. The van der Waals surface area contributed by atoms with Crippen LogP contribution >= 0.6 is 23.2 Å². The van der Waals surface area contributed by atoms with Gasteiger partial charge in [0.05, 0.1) is 27.6 Å². The second-order valence-corrected chi connectivity index (χ2v) is 4.87. The van der Waals surface area contributed by atoms with Gasteiger partial charge in [0.2, 0.25) is 0 Å². The molecule has 18 heavy (non-hydrogen) atoms. The van der Waals surface area contributed by atoms with E-state index in [0.29, 0.717) is 15.7 Å². The van der Waals surface area contributed by atoms with Crippen molar-refractivity contribution in [3.05, 3.63) is 40.1 Å². The molecule has 3 N–H and O–H groups in total. The van der Waals surface area contributed by atoms with Crippen molar-refractivity contribution >= 4 is 34.6 Å². The Hall–Kier alpha value is -1.39. The van der Waals surface area contributed by atoms with Gasteiger partial charge in [0.15, 0.2) is 0 Å². The Kier molecular flexibility index (Phi) is 3.99. The largest absolute Gasteiger partial charge is 0.397 e. The summed E-state index contributed by atoms with van der Waals surface area (Å²) in [6, 6.07) is 3.39. The van der Waals surface area contributed by atoms with E-state index in [-0.39, 0.29) is 0 Å². The smallest absolute Gasteiger partial charge is 0.0614 e. The summed E-state index contributed by atoms with van der Waals surface area (Å²) in [5.74, 6) is 0. The lowest BCUT2D eigenvalue weighted by Crippen LogP contribution is -2.06. The van der Waals surface area contributed by atoms with E-state index >= 15 is 0 Å². The van der Waals surface area contributed by atoms with Crippen LogP contribution in [0.4, 0.5) is 11.4 Å². The summed E-state index contributed by atoms with van der Waals surface area (Å²) in [4.78, 5) is 0. The highest BCUT2D eigenvalue weighted by Crippen LogP contribution is 2.30. The number of benzene rings is 1. The van der Waals surface area contributed by atoms with Crippen molar-refractivity contribution in [1.29, 1.82) is 0 Å². The first-order chi connectivity index (χ1) is 8.56. The molecule has 1 aromatic heterocycles. The third kappa shape index (κ3) is 3.09. The van der Waals surface area contributed by atoms with E-state index in [0.717, 1.165) is 18.7 Å². The fourth-order valence-electron chi connectivity index (χ4n) is 1.66. The van der Waals surface area contributed by atoms with Gasteiger partial charge in [-0.1, -0.05) is 23.2 Å². The molecule has 2 rings (SSSR count). The lowest BCUT2D eigenvalue weighted by atomic mass is 10.2. The third-order valence-electron chi connectivity index (χ3n) is 2.58. The van der Waals surface area contributed by atoms with Gasteiger partial charge in [-0.25, -0.2) is 0 Å². The minimum absolute atomic E-state index is 0.465. The highest BCUT2D eigenvalue weighted by atomic mass is 35.5. The highest BCUT2D eigenvalue weighted by molar-refractivity contribution is 6.42. The number of halogens is 2. The maximum atomic E-state index is 5.94. The lowest BCUT2D eigenvalue weighted by molar-refractivity contribution is 0.767. The maximum Gasteiger partial charge on any atom is 0.0614 e. The van der Waals surface area contributed by atoms with E-state index < -0.39 is 0 Å². The van der Waals surface area contributed by atoms with Gasteiger partial charge in [-0.2, -0.15) is 5.10 Å². The zero-order chi connectivity index (χ0) is 13.1. The van der Waals surface area contributed by atoms with E-state index in [1.54, 1.807) is 16.8 Å². The SMILES string of the molecule is Cn1cc(CCNc2cc(Cl)c(Cl)cc2N)cn1. The molecule has 0 saturated carbocycles. The molecule has 4 nitrogen and oxygen atoms in total. The summed E-state index contributed by atoms with van der Waals surface area (Å²) in [6.07, 6.45) is 4.70. The predicted molar refractivity (Wildman–Crippen MR) is 76.3 cm³/mol. The van der Waals surface area contributed by atoms with Crippen LogP contribution in [-0.2, 0) is 13.5 Å². The van der Waals surface area contributed by atoms with Crippen LogP contribution in [0.15, 0.2) is 24.5 Å². The number of hydrogen-bond acceptors (Lipinski definition) is 3. The van der Waals surface area contributed by atoms with Gasteiger partial charge in [0, 0.05) is 19.8 Å². The fraction of sp³-hybridized carbons (Fsp3) is 0.250. The molecule has 0 amide bonds. The molecule has 0 unspecified atom stereocenters. The van der Waals surface area contributed by atoms with Crippen molar-refractivity contribution < 1.29 is 0 Å². The Bertz CT molecular complexity index is 551. The van der Waals surface area contributed by atoms with Crippen molar-refractivity contribution in [3.8, 4) is 0 Å². The summed E-state index contributed by atoms with van der Waals surface area (Å²) >= 11 is 11.8. The number of nitrogens with one attached hydrogen (secondary N) is 1. The monoisotopic (exact) mass is 284 g/mol. The van der Waals surface area contributed by atoms with Crippen LogP contribution in [0.5, 0.6) is 0 Å². The minimum atomic E-state index is 0.465. The first-order valence-corrected chi connectivity index (χ1v) is 6.28. The Morgan fingerprint density at radius 1 is 1.33 bits per heavy atom. The van der Waals surface area contributed by atoms with Crippen LogP contribution in [0.3, 0.4) is 0 Å². The average molecular weight is 285 g/mol. The molecule has 0 radical (unpaired) electrons. The number of rotatable bonds is 4. The van der Waals surface area contributed by atoms with Crippen molar-refractivity contribution in [1.82, 2.24) is 9.78 Å². The van der Waals surface area contributed by atoms with Gasteiger partial charge < -0.3 is 11.1 Å². The Morgan fingerprint density at radius 3 is 2.72 bits per heavy atom. The third-order valence-corrected chi connectivity index (χ3v) is 3.30. The molecule has 1 heterocycles. The molecule has 0 bridgehead atoms. The molecule has 2 aromatic rings. The van der Waals surface area contributed by atoms with Gasteiger partial charge in [-0.05, 0) is 24.1 Å². The molecule has 0 fully saturated rings. The normalized spacial score (nSPS) is 10.6. The van der Waals surface area contributed by atoms with Crippen molar-refractivity contribution in [2.24, 2.45) is 7.05 Å². The van der Waals surface area contributed by atoms with Crippen LogP contribution in [0.25, 0.3) is 0 Å². The molecule has 0 atom stereocenters. The van der Waals surface area contributed by atoms with E-state index in [1.807, 2.05) is 19.4 Å². The second kappa shape index (κ2) is 5.50. The average Bonchev–Trinajstić information content (AvgIpc) is 2.71. The quantitative estimate of drug-likeness (QED) is 0.849. The van der Waals surface area contributed by atoms with Crippen LogP contribution in [0.1, 0.15) is 5.56 Å². The van der Waals surface area contributed by atoms with Crippen LogP contribution in [0.2, 0.25) is 10.0 Å². The number of anilines is 2. The zero-order valence-electron chi connectivity index (χ0n) is 9.95. The summed E-state index contributed by atoms with van der Waals surface area (Å²) in [7, 11) is 1.90. The fourth-order valence-corrected chi connectivity index (χ4v) is 1.99. The number of aromatic nitrogens is 2. The molecule has 0 aliphatic heterocycles. The minimum Gasteiger partial charge on any atom is -0.397 e. The number of aryl methyl sites for hydroxylation is 1. The summed E-state index contributed by atoms with van der Waals surface area (Å²) in [6.45, 7) is 0.758. The summed E-state index contributed by atoms with van der Waals surface area (Å²) < 4.78 is 1.78. The first-order valence-electron chi connectivity index (χ1n) is 5.52. The summed E-state index contributed by atoms with van der Waals surface area (Å²) in [5, 5.41) is 8.30. The van der Waals surface area contributed by atoms with Gasteiger partial charge in [0.1, 0.15) is 0 Å². The first kappa shape index (κ1) is 13.1. The number of hydrogen-bond donors (Lipinski definition) is 2. The maximum absolute atomic E-state index is 5.94. The van der Waals surface area contributed by atoms with Crippen molar-refractivity contribution in [2.45, 2.75) is 6.42 Å². The number of nitrogens with two attached hydrogens (primary N) is 1. The van der Waals surface area contributed by atoms with E-state index in [9.17, 15) is 0 Å². The lowest BCUT2D eigenvalue weighted by Gasteiger charge is -2.10. The van der Waals surface area contributed by atoms with Gasteiger partial charge in [-0.15, -0.1) is 0 Å². The molecular weight excluding hydrogens is 271 g/mol. The van der Waals surface area contributed by atoms with Crippen LogP contribution < -0.4 is 11.1 Å². The predicted octanol–water partition coefficient (Wildman–Crippen LogP) is 2.96. The van der Waals surface area contributed by atoms with E-state index in [1.165, 1.54) is 5.56 Å². The molecule has 0 saturated heterocycles. The van der Waals surface area contributed by atoms with E-state index in [4.69, 9.17) is 28.9 Å². The van der Waals surface area contributed by atoms with Gasteiger partial charge >= 0.3 is 0 Å². The van der Waals surface area contributed by atoms with Gasteiger partial charge in [-0.3, -0.25) is 4.68 Å². The second-order valence-electron chi connectivity index (χ2n) is 4.05. The van der Waals surface area contributed by atoms with Crippen molar-refractivity contribution in [2.75, 3.05) is 17.6 Å². The molecule has 1 aromatic carbocycles. The Balaban J connectivity index is 1.96. The van der Waals surface area contributed by atoms with Crippen LogP contribution in [0, 0.1) is 0 Å². The topological polar surface area (TPSA) is 55.9 Å². The number of nitrogen functional groups attached to an aromatic ring is 1. The molecule has 6 heteroatoms. The molecular formula is C12H14Cl2N4. The highest BCUT2D eigenvalue weighted by Gasteiger charge is 2.04. The standard InChI is InChI=1S/C12H14Cl2N4/c1-18-7-8(6-17-18)2-3-16-12-5-10(14)9(13)4-11(12)15/h4-7,16H,2-3,15H2,1H3. The van der Waals surface area contributed by atoms with Crippen molar-refractivity contribution in [3.63, 3.8) is 0 Å². The van der Waals surface area contributed by atoms with Crippen LogP contribution in [-0.4, -0.2) is 16.3 Å². The Morgan fingerprint density at radius 2 is 2.06 bits per heavy atom. The summed E-state index contributed by atoms with van der Waals surface area (Å²) in [5.41, 5.74) is 8.41. The molecule has 0 aliphatic rings. The Labute approximate surface area is 116 Å². The van der Waals surface area contributed by atoms with E-state index in [2.05, 4.69) is 10.4 Å². The molecule has 0 aliphatic carbocycles. The zero-order valence-corrected chi connectivity index (χ0v) is 11.5. The molecule has 96 valence electrons. The molecule has 0 spiro atoms. The van der Waals surface area contributed by atoms with Gasteiger partial charge in [0.25, 0.3) is 0 Å².